The first-order valence-corrected chi connectivity index (χ1v) is 5.29. The molecular formula is C10H7N3OS. The molecule has 2 heterocycles. The molecule has 15 heavy (non-hydrogen) atoms. The van der Waals surface area contributed by atoms with Gasteiger partial charge in [-0.25, -0.2) is 9.97 Å². The summed E-state index contributed by atoms with van der Waals surface area (Å²) < 4.78 is 0. The number of H-pyrrole nitrogens is 1. The third kappa shape index (κ3) is 1.37. The number of aromatic nitrogens is 3. The molecule has 74 valence electrons. The van der Waals surface area contributed by atoms with Crippen LogP contribution in [0, 0.1) is 0 Å². The van der Waals surface area contributed by atoms with Crippen LogP contribution in [0.4, 0.5) is 0 Å². The van der Waals surface area contributed by atoms with E-state index in [2.05, 4.69) is 15.0 Å². The molecule has 3 aromatic rings. The van der Waals surface area contributed by atoms with Gasteiger partial charge in [0.2, 0.25) is 5.88 Å². The minimum Gasteiger partial charge on any atom is -0.493 e. The van der Waals surface area contributed by atoms with E-state index in [1.165, 1.54) is 11.3 Å². The number of nitrogens with zero attached hydrogens (tertiary/aromatic N) is 2. The summed E-state index contributed by atoms with van der Waals surface area (Å²) >= 11 is 1.42. The van der Waals surface area contributed by atoms with Gasteiger partial charge in [0.25, 0.3) is 0 Å². The highest BCUT2D eigenvalue weighted by molar-refractivity contribution is 7.13. The fourth-order valence-corrected chi connectivity index (χ4v) is 2.15. The number of rotatable bonds is 1. The molecule has 5 heteroatoms. The zero-order valence-electron chi connectivity index (χ0n) is 7.64. The highest BCUT2D eigenvalue weighted by atomic mass is 32.1. The second-order valence-corrected chi connectivity index (χ2v) is 4.00. The van der Waals surface area contributed by atoms with Crippen molar-refractivity contribution in [3.8, 4) is 16.5 Å². The molecule has 0 atom stereocenters. The van der Waals surface area contributed by atoms with Crippen molar-refractivity contribution in [1.82, 2.24) is 15.0 Å². The molecule has 0 spiro atoms. The van der Waals surface area contributed by atoms with Gasteiger partial charge in [-0.3, -0.25) is 0 Å². The van der Waals surface area contributed by atoms with Crippen molar-refractivity contribution in [3.63, 3.8) is 0 Å². The third-order valence-corrected chi connectivity index (χ3v) is 3.04. The summed E-state index contributed by atoms with van der Waals surface area (Å²) in [6.07, 6.45) is 1.66. The van der Waals surface area contributed by atoms with E-state index in [4.69, 9.17) is 5.11 Å². The smallest absolute Gasteiger partial charge is 0.222 e. The Hall–Kier alpha value is -1.88. The molecular weight excluding hydrogens is 210 g/mol. The molecule has 4 nitrogen and oxygen atoms in total. The molecule has 0 radical (unpaired) electrons. The van der Waals surface area contributed by atoms with Gasteiger partial charge in [0, 0.05) is 5.56 Å². The Morgan fingerprint density at radius 2 is 2.27 bits per heavy atom. The predicted octanol–water partition coefficient (Wildman–Crippen LogP) is 2.39. The molecule has 1 aromatic carbocycles. The van der Waals surface area contributed by atoms with Crippen molar-refractivity contribution >= 4 is 22.4 Å². The lowest BCUT2D eigenvalue weighted by atomic mass is 10.2. The van der Waals surface area contributed by atoms with Gasteiger partial charge in [-0.2, -0.15) is 0 Å². The number of hydrogen-bond acceptors (Lipinski definition) is 4. The van der Waals surface area contributed by atoms with Crippen molar-refractivity contribution in [3.05, 3.63) is 29.9 Å². The number of benzene rings is 1. The van der Waals surface area contributed by atoms with Gasteiger partial charge in [-0.1, -0.05) is 0 Å². The van der Waals surface area contributed by atoms with Crippen molar-refractivity contribution in [1.29, 1.82) is 0 Å². The maximum absolute atomic E-state index is 9.17. The lowest BCUT2D eigenvalue weighted by Gasteiger charge is -1.95. The average Bonchev–Trinajstić information content (AvgIpc) is 2.84. The van der Waals surface area contributed by atoms with Crippen LogP contribution in [0.25, 0.3) is 21.6 Å². The van der Waals surface area contributed by atoms with Gasteiger partial charge in [0.1, 0.15) is 5.01 Å². The van der Waals surface area contributed by atoms with Crippen molar-refractivity contribution in [2.75, 3.05) is 0 Å². The van der Waals surface area contributed by atoms with E-state index < -0.39 is 0 Å². The topological polar surface area (TPSA) is 61.8 Å². The Morgan fingerprint density at radius 3 is 3.07 bits per heavy atom. The van der Waals surface area contributed by atoms with Crippen LogP contribution in [0.3, 0.4) is 0 Å². The molecule has 2 aromatic heterocycles. The number of fused-ring (bicyclic) bond motifs is 1. The molecule has 0 aliphatic heterocycles. The Kier molecular flexibility index (Phi) is 1.72. The van der Waals surface area contributed by atoms with E-state index in [9.17, 15) is 0 Å². The summed E-state index contributed by atoms with van der Waals surface area (Å²) in [5.74, 6) is 0.0692. The third-order valence-electron chi connectivity index (χ3n) is 2.16. The van der Waals surface area contributed by atoms with E-state index in [1.807, 2.05) is 18.2 Å². The number of hydrogen-bond donors (Lipinski definition) is 2. The van der Waals surface area contributed by atoms with Gasteiger partial charge in [-0.15, -0.1) is 11.3 Å². The lowest BCUT2D eigenvalue weighted by molar-refractivity contribution is 0.458. The fraction of sp³-hybridized carbons (Fsp3) is 0. The van der Waals surface area contributed by atoms with Crippen LogP contribution in [0.1, 0.15) is 0 Å². The van der Waals surface area contributed by atoms with E-state index in [1.54, 1.807) is 11.7 Å². The van der Waals surface area contributed by atoms with Crippen LogP contribution in [0.15, 0.2) is 29.9 Å². The molecule has 2 N–H and O–H groups in total. The van der Waals surface area contributed by atoms with Gasteiger partial charge in [0.15, 0.2) is 0 Å². The predicted molar refractivity (Wildman–Crippen MR) is 58.9 cm³/mol. The number of thiazole rings is 1. The number of nitrogens with one attached hydrogen (secondary N) is 1. The molecule has 3 rings (SSSR count). The zero-order chi connectivity index (χ0) is 10.3. The minimum absolute atomic E-state index is 0.0692. The van der Waals surface area contributed by atoms with Crippen LogP contribution < -0.4 is 0 Å². The maximum Gasteiger partial charge on any atom is 0.222 e. The summed E-state index contributed by atoms with van der Waals surface area (Å²) in [7, 11) is 0. The van der Waals surface area contributed by atoms with Crippen molar-refractivity contribution in [2.45, 2.75) is 0 Å². The molecule has 0 saturated heterocycles. The second-order valence-electron chi connectivity index (χ2n) is 3.15. The summed E-state index contributed by atoms with van der Waals surface area (Å²) in [6, 6.07) is 5.85. The Bertz CT molecular complexity index is 614. The molecule has 0 saturated carbocycles. The van der Waals surface area contributed by atoms with E-state index in [0.717, 1.165) is 21.6 Å². The minimum atomic E-state index is 0.0692. The molecule has 0 fully saturated rings. The van der Waals surface area contributed by atoms with E-state index in [-0.39, 0.29) is 5.88 Å². The molecule has 0 amide bonds. The molecule has 0 bridgehead atoms. The highest BCUT2D eigenvalue weighted by Gasteiger charge is 2.05. The molecule has 0 aliphatic carbocycles. The zero-order valence-corrected chi connectivity index (χ0v) is 8.45. The fourth-order valence-electron chi connectivity index (χ4n) is 1.47. The Labute approximate surface area is 89.3 Å². The summed E-state index contributed by atoms with van der Waals surface area (Å²) in [5.41, 5.74) is 2.89. The molecule has 0 aliphatic rings. The number of imidazole rings is 1. The van der Waals surface area contributed by atoms with Gasteiger partial charge < -0.3 is 10.1 Å². The summed E-state index contributed by atoms with van der Waals surface area (Å²) in [6.45, 7) is 0. The standard InChI is InChI=1S/C10H7N3OS/c14-9-4-15-10(13-9)6-1-2-7-8(3-6)12-5-11-7/h1-5,14H,(H,11,12). The summed E-state index contributed by atoms with van der Waals surface area (Å²) in [4.78, 5) is 11.2. The van der Waals surface area contributed by atoms with Crippen molar-refractivity contribution in [2.24, 2.45) is 0 Å². The van der Waals surface area contributed by atoms with Gasteiger partial charge in [-0.05, 0) is 18.2 Å². The average molecular weight is 217 g/mol. The highest BCUT2D eigenvalue weighted by Crippen LogP contribution is 2.27. The monoisotopic (exact) mass is 217 g/mol. The summed E-state index contributed by atoms with van der Waals surface area (Å²) in [5, 5.41) is 11.6. The van der Waals surface area contributed by atoms with Crippen LogP contribution in [0.5, 0.6) is 5.88 Å². The second kappa shape index (κ2) is 3.06. The SMILES string of the molecule is Oc1csc(-c2ccc3nc[nH]c3c2)n1. The Morgan fingerprint density at radius 1 is 1.33 bits per heavy atom. The maximum atomic E-state index is 9.17. The van der Waals surface area contributed by atoms with E-state index >= 15 is 0 Å². The largest absolute Gasteiger partial charge is 0.493 e. The quantitative estimate of drug-likeness (QED) is 0.658. The Balaban J connectivity index is 2.18. The van der Waals surface area contributed by atoms with E-state index in [0.29, 0.717) is 0 Å². The first-order valence-electron chi connectivity index (χ1n) is 4.41. The molecule has 0 unspecified atom stereocenters. The van der Waals surface area contributed by atoms with Crippen LogP contribution in [0.2, 0.25) is 0 Å². The van der Waals surface area contributed by atoms with Crippen LogP contribution in [-0.4, -0.2) is 20.1 Å². The van der Waals surface area contributed by atoms with Gasteiger partial charge >= 0.3 is 0 Å². The first-order chi connectivity index (χ1) is 7.33. The lowest BCUT2D eigenvalue weighted by Crippen LogP contribution is -1.76. The first kappa shape index (κ1) is 8.43. The number of aromatic amines is 1. The number of aromatic hydroxyl groups is 1. The normalized spacial score (nSPS) is 10.9. The van der Waals surface area contributed by atoms with Crippen molar-refractivity contribution < 1.29 is 5.11 Å². The van der Waals surface area contributed by atoms with Crippen LogP contribution >= 0.6 is 11.3 Å². The van der Waals surface area contributed by atoms with Crippen LogP contribution in [-0.2, 0) is 0 Å². The van der Waals surface area contributed by atoms with Gasteiger partial charge in [0.05, 0.1) is 22.7 Å².